The lowest BCUT2D eigenvalue weighted by Crippen LogP contribution is -2.57. The zero-order valence-electron chi connectivity index (χ0n) is 30.1. The molecule has 53 heavy (non-hydrogen) atoms. The summed E-state index contributed by atoms with van der Waals surface area (Å²) in [4.78, 5) is 41.1. The maximum atomic E-state index is 15.6. The summed E-state index contributed by atoms with van der Waals surface area (Å²) in [5.41, 5.74) is 0.566. The van der Waals surface area contributed by atoms with Gasteiger partial charge in [0.25, 0.3) is 12.3 Å². The molecule has 0 radical (unpaired) electrons. The Labute approximate surface area is 310 Å². The van der Waals surface area contributed by atoms with Gasteiger partial charge >= 0.3 is 0 Å². The van der Waals surface area contributed by atoms with E-state index in [1.807, 2.05) is 55.4 Å². The number of piperidine rings is 1. The van der Waals surface area contributed by atoms with Crippen molar-refractivity contribution >= 4 is 51.6 Å². The van der Waals surface area contributed by atoms with Gasteiger partial charge in [0.1, 0.15) is 11.1 Å². The van der Waals surface area contributed by atoms with E-state index in [4.69, 9.17) is 16.6 Å². The second-order valence-electron chi connectivity index (χ2n) is 15.8. The molecular weight excluding hydrogens is 710 g/mol. The Bertz CT molecular complexity index is 2140. The van der Waals surface area contributed by atoms with Crippen LogP contribution in [0.5, 0.6) is 0 Å². The minimum atomic E-state index is -2.83. The smallest absolute Gasteiger partial charge is 0.261 e. The Morgan fingerprint density at radius 3 is 2.38 bits per heavy atom. The van der Waals surface area contributed by atoms with Crippen molar-refractivity contribution in [1.29, 1.82) is 0 Å². The molecule has 2 aliphatic carbocycles. The number of carbonyl (C=O) groups excluding carboxylic acids is 2. The summed E-state index contributed by atoms with van der Waals surface area (Å²) in [6.45, 7) is 9.98. The topological polar surface area (TPSA) is 95.4 Å². The number of fused-ring (bicyclic) bond motifs is 2. The average molecular weight is 752 g/mol. The number of anilines is 3. The predicted octanol–water partition coefficient (Wildman–Crippen LogP) is 8.52. The lowest BCUT2D eigenvalue weighted by atomic mass is 9.82. The van der Waals surface area contributed by atoms with Crippen LogP contribution in [0, 0.1) is 11.6 Å². The van der Waals surface area contributed by atoms with E-state index in [9.17, 15) is 18.4 Å². The Hall–Kier alpha value is -4.23. The van der Waals surface area contributed by atoms with Crippen LogP contribution < -0.4 is 15.5 Å². The SMILES string of the molecule is CC(C)n1cnc2cc(-c3ccc4c(c3)N([C@H]3C[C@@H](N5CCCCC5)C3)C(=O)C4(C)C)nc(Nc3cc(C(=O)NC4(C(F)F)CC4)c(Cl)c(F)c3F)c21. The monoisotopic (exact) mass is 751 g/mol. The van der Waals surface area contributed by atoms with E-state index in [0.29, 0.717) is 28.3 Å². The van der Waals surface area contributed by atoms with Gasteiger partial charge in [-0.2, -0.15) is 0 Å². The molecule has 4 aliphatic rings. The molecule has 4 aromatic rings. The quantitative estimate of drug-likeness (QED) is 0.132. The predicted molar refractivity (Wildman–Crippen MR) is 196 cm³/mol. The molecule has 0 unspecified atom stereocenters. The molecule has 1 saturated heterocycles. The number of hydrogen-bond acceptors (Lipinski definition) is 6. The van der Waals surface area contributed by atoms with Crippen LogP contribution in [0.15, 0.2) is 36.7 Å². The largest absolute Gasteiger partial charge is 0.341 e. The van der Waals surface area contributed by atoms with E-state index in [0.717, 1.165) is 43.2 Å². The molecule has 2 aromatic heterocycles. The van der Waals surface area contributed by atoms with Crippen molar-refractivity contribution in [3.63, 3.8) is 0 Å². The van der Waals surface area contributed by atoms with Gasteiger partial charge in [0.05, 0.1) is 39.2 Å². The third-order valence-corrected chi connectivity index (χ3v) is 12.0. The third-order valence-electron chi connectivity index (χ3n) is 11.7. The van der Waals surface area contributed by atoms with Crippen molar-refractivity contribution in [1.82, 2.24) is 24.8 Å². The normalized spacial score (nSPS) is 22.0. The van der Waals surface area contributed by atoms with E-state index < -0.39 is 51.2 Å². The van der Waals surface area contributed by atoms with Gasteiger partial charge in [-0.05, 0) is 103 Å². The highest BCUT2D eigenvalue weighted by atomic mass is 35.5. The molecule has 2 amide bonds. The molecule has 2 aliphatic heterocycles. The number of benzene rings is 2. The summed E-state index contributed by atoms with van der Waals surface area (Å²) < 4.78 is 59.9. The number of halogens is 5. The standard InChI is InChI=1S/C39H42ClF4N7O2/c1-20(2)50-19-45-28-18-26(21-8-9-25-29(14-21)51(37(53)38(25,3)4)23-15-22(16-23)49-12-6-5-7-13-49)46-34(33(28)50)47-27-17-24(30(40)32(42)31(27)41)35(52)48-39(10-11-39)36(43)44/h8-9,14,17-20,22-23,36H,5-7,10-13,15-16H2,1-4H3,(H,46,47)(H,48,52)/t22-,23+. The van der Waals surface area contributed by atoms with Gasteiger partial charge in [0, 0.05) is 29.4 Å². The Morgan fingerprint density at radius 2 is 1.72 bits per heavy atom. The first-order chi connectivity index (χ1) is 25.2. The third kappa shape index (κ3) is 5.94. The number of likely N-dealkylation sites (tertiary alicyclic amines) is 1. The molecule has 14 heteroatoms. The highest BCUT2D eigenvalue weighted by Gasteiger charge is 2.53. The fourth-order valence-electron chi connectivity index (χ4n) is 8.16. The molecular formula is C39H42ClF4N7O2. The molecule has 2 aromatic carbocycles. The van der Waals surface area contributed by atoms with E-state index in [1.165, 1.54) is 19.3 Å². The Kier molecular flexibility index (Phi) is 8.75. The molecule has 2 saturated carbocycles. The van der Waals surface area contributed by atoms with Gasteiger partial charge in [0.15, 0.2) is 17.5 Å². The fourth-order valence-corrected chi connectivity index (χ4v) is 8.38. The van der Waals surface area contributed by atoms with Crippen molar-refractivity contribution in [2.75, 3.05) is 23.3 Å². The number of aromatic nitrogens is 3. The molecule has 0 spiro atoms. The number of alkyl halides is 2. The summed E-state index contributed by atoms with van der Waals surface area (Å²) in [5, 5.41) is 4.33. The summed E-state index contributed by atoms with van der Waals surface area (Å²) in [7, 11) is 0. The Morgan fingerprint density at radius 1 is 1.00 bits per heavy atom. The van der Waals surface area contributed by atoms with Crippen molar-refractivity contribution in [3.8, 4) is 11.3 Å². The maximum absolute atomic E-state index is 15.6. The lowest BCUT2D eigenvalue weighted by Gasteiger charge is -2.48. The van der Waals surface area contributed by atoms with E-state index >= 15 is 8.78 Å². The van der Waals surface area contributed by atoms with Crippen LogP contribution in [0.2, 0.25) is 5.02 Å². The second-order valence-corrected chi connectivity index (χ2v) is 16.2. The minimum absolute atomic E-state index is 0.0581. The van der Waals surface area contributed by atoms with Crippen molar-refractivity contribution < 1.29 is 27.2 Å². The number of imidazole rings is 1. The number of nitrogens with zero attached hydrogens (tertiary/aromatic N) is 5. The average Bonchev–Trinajstić information content (AvgIpc) is 3.72. The highest BCUT2D eigenvalue weighted by Crippen LogP contribution is 2.48. The maximum Gasteiger partial charge on any atom is 0.261 e. The molecule has 9 nitrogen and oxygen atoms in total. The molecule has 4 heterocycles. The number of amides is 2. The van der Waals surface area contributed by atoms with Gasteiger partial charge in [-0.3, -0.25) is 9.59 Å². The minimum Gasteiger partial charge on any atom is -0.341 e. The van der Waals surface area contributed by atoms with Crippen molar-refractivity contribution in [3.05, 3.63) is 64.4 Å². The first-order valence-electron chi connectivity index (χ1n) is 18.4. The first kappa shape index (κ1) is 35.8. The number of pyridine rings is 1. The van der Waals surface area contributed by atoms with Gasteiger partial charge in [-0.15, -0.1) is 0 Å². The van der Waals surface area contributed by atoms with E-state index in [1.54, 1.807) is 12.4 Å². The van der Waals surface area contributed by atoms with Crippen molar-refractivity contribution in [2.24, 2.45) is 0 Å². The number of rotatable bonds is 9. The highest BCUT2D eigenvalue weighted by molar-refractivity contribution is 6.34. The summed E-state index contributed by atoms with van der Waals surface area (Å²) >= 11 is 6.07. The van der Waals surface area contributed by atoms with Crippen LogP contribution in [0.3, 0.4) is 0 Å². The van der Waals surface area contributed by atoms with E-state index in [-0.39, 0.29) is 36.7 Å². The van der Waals surface area contributed by atoms with Crippen LogP contribution in [0.25, 0.3) is 22.3 Å². The molecule has 3 fully saturated rings. The Balaban J connectivity index is 1.17. The van der Waals surface area contributed by atoms with Crippen LogP contribution in [-0.2, 0) is 10.2 Å². The number of hydrogen-bond donors (Lipinski definition) is 2. The molecule has 2 N–H and O–H groups in total. The second kappa shape index (κ2) is 13.0. The number of carbonyl (C=O) groups is 2. The molecule has 0 bridgehead atoms. The van der Waals surface area contributed by atoms with Crippen molar-refractivity contribution in [2.45, 2.75) is 108 Å². The fraction of sp³-hybridized carbons (Fsp3) is 0.487. The molecule has 0 atom stereocenters. The zero-order valence-corrected chi connectivity index (χ0v) is 30.8. The number of nitrogens with one attached hydrogen (secondary N) is 2. The van der Waals surface area contributed by atoms with Crippen LogP contribution in [-0.4, -0.2) is 68.4 Å². The summed E-state index contributed by atoms with van der Waals surface area (Å²) in [6.07, 6.45) is 4.45. The van der Waals surface area contributed by atoms with Gasteiger partial charge in [0.2, 0.25) is 5.91 Å². The van der Waals surface area contributed by atoms with Crippen LogP contribution in [0.4, 0.5) is 34.8 Å². The molecule has 280 valence electrons. The van der Waals surface area contributed by atoms with Crippen LogP contribution in [0.1, 0.15) is 94.6 Å². The van der Waals surface area contributed by atoms with E-state index in [2.05, 4.69) is 20.5 Å². The first-order valence-corrected chi connectivity index (χ1v) is 18.7. The van der Waals surface area contributed by atoms with Gasteiger partial charge in [-0.25, -0.2) is 27.5 Å². The lowest BCUT2D eigenvalue weighted by molar-refractivity contribution is -0.123. The van der Waals surface area contributed by atoms with Gasteiger partial charge in [-0.1, -0.05) is 30.2 Å². The zero-order chi connectivity index (χ0) is 37.6. The summed E-state index contributed by atoms with van der Waals surface area (Å²) in [5.74, 6) is -3.72. The molecule has 8 rings (SSSR count). The van der Waals surface area contributed by atoms with Crippen LogP contribution >= 0.6 is 11.6 Å². The summed E-state index contributed by atoms with van der Waals surface area (Å²) in [6, 6.07) is 9.10. The van der Waals surface area contributed by atoms with Gasteiger partial charge < -0.3 is 25.0 Å².